The van der Waals surface area contributed by atoms with Gasteiger partial charge >= 0.3 is 0 Å². The second-order valence-electron chi connectivity index (χ2n) is 6.01. The quantitative estimate of drug-likeness (QED) is 0.688. The van der Waals surface area contributed by atoms with Crippen LogP contribution in [-0.2, 0) is 5.41 Å². The van der Waals surface area contributed by atoms with Gasteiger partial charge in [0.1, 0.15) is 11.4 Å². The summed E-state index contributed by atoms with van der Waals surface area (Å²) in [7, 11) is 0. The monoisotopic (exact) mass is 253 g/mol. The van der Waals surface area contributed by atoms with E-state index in [2.05, 4.69) is 80.3 Å². The Balaban J connectivity index is 2.32. The van der Waals surface area contributed by atoms with Crippen LogP contribution < -0.4 is 4.57 Å². The van der Waals surface area contributed by atoms with Crippen molar-refractivity contribution in [2.75, 3.05) is 0 Å². The topological polar surface area (TPSA) is 8.81 Å². The molecule has 2 aromatic rings. The number of rotatable bonds is 1. The minimum absolute atomic E-state index is 0.114. The molecule has 1 aromatic carbocycles. The average Bonchev–Trinajstić information content (AvgIpc) is 2.79. The van der Waals surface area contributed by atoms with Crippen LogP contribution in [0.3, 0.4) is 0 Å². The van der Waals surface area contributed by atoms with E-state index in [0.717, 1.165) is 0 Å². The van der Waals surface area contributed by atoms with E-state index < -0.39 is 0 Å². The molecule has 1 aliphatic rings. The minimum atomic E-state index is 0.114. The van der Waals surface area contributed by atoms with Gasteiger partial charge in [0.15, 0.2) is 5.69 Å². The zero-order chi connectivity index (χ0) is 13.8. The van der Waals surface area contributed by atoms with Crippen molar-refractivity contribution in [3.63, 3.8) is 0 Å². The first-order chi connectivity index (χ1) is 8.93. The number of hydrogen-bond acceptors (Lipinski definition) is 0. The van der Waals surface area contributed by atoms with Crippen molar-refractivity contribution >= 4 is 6.20 Å². The largest absolute Gasteiger partial charge is 0.263 e. The molecule has 0 unspecified atom stereocenters. The molecule has 2 heteroatoms. The van der Waals surface area contributed by atoms with Crippen molar-refractivity contribution in [3.05, 3.63) is 53.1 Å². The lowest BCUT2D eigenvalue weighted by atomic mass is 9.90. The lowest BCUT2D eigenvalue weighted by Crippen LogP contribution is -2.33. The number of para-hydroxylation sites is 1. The van der Waals surface area contributed by atoms with Gasteiger partial charge in [-0.25, -0.2) is 4.57 Å². The van der Waals surface area contributed by atoms with Gasteiger partial charge in [-0.3, -0.25) is 0 Å². The standard InChI is InChI=1S/C17H21N2/c1-12-8-6-7-9-15(12)19-13(2)16-17(4,5)10-11-18(16)14(19)3/h6-11H,1-5H3/q+1. The van der Waals surface area contributed by atoms with Crippen molar-refractivity contribution in [3.8, 4) is 5.69 Å². The van der Waals surface area contributed by atoms with E-state index in [1.54, 1.807) is 0 Å². The Bertz CT molecular complexity index is 688. The van der Waals surface area contributed by atoms with Gasteiger partial charge in [-0.2, -0.15) is 4.57 Å². The highest BCUT2D eigenvalue weighted by atomic mass is 15.2. The zero-order valence-corrected chi connectivity index (χ0v) is 12.4. The molecule has 0 N–H and O–H groups in total. The molecule has 0 atom stereocenters. The number of aromatic nitrogens is 2. The van der Waals surface area contributed by atoms with Gasteiger partial charge in [-0.15, -0.1) is 0 Å². The number of nitrogens with zero attached hydrogens (tertiary/aromatic N) is 2. The molecule has 0 radical (unpaired) electrons. The van der Waals surface area contributed by atoms with Crippen molar-refractivity contribution in [1.29, 1.82) is 0 Å². The fraction of sp³-hybridized carbons (Fsp3) is 0.353. The molecule has 2 heterocycles. The molecule has 1 aromatic heterocycles. The molecule has 0 aliphatic carbocycles. The molecule has 0 amide bonds. The number of benzene rings is 1. The van der Waals surface area contributed by atoms with Gasteiger partial charge in [0.05, 0.1) is 11.6 Å². The summed E-state index contributed by atoms with van der Waals surface area (Å²) in [5, 5.41) is 0. The molecular formula is C17H21N2+. The SMILES string of the molecule is Cc1ccccc1-n1c(C)c2[n+](c1C)C=CC2(C)C. The minimum Gasteiger partial charge on any atom is -0.203 e. The third-order valence-corrected chi connectivity index (χ3v) is 4.20. The van der Waals surface area contributed by atoms with Gasteiger partial charge in [0, 0.05) is 13.8 Å². The fourth-order valence-electron chi connectivity index (χ4n) is 3.26. The molecule has 0 saturated heterocycles. The van der Waals surface area contributed by atoms with E-state index in [1.165, 1.54) is 28.5 Å². The third-order valence-electron chi connectivity index (χ3n) is 4.20. The van der Waals surface area contributed by atoms with E-state index in [-0.39, 0.29) is 5.41 Å². The van der Waals surface area contributed by atoms with Gasteiger partial charge in [0.25, 0.3) is 5.82 Å². The second-order valence-corrected chi connectivity index (χ2v) is 6.01. The lowest BCUT2D eigenvalue weighted by Gasteiger charge is -2.12. The van der Waals surface area contributed by atoms with Gasteiger partial charge in [-0.1, -0.05) is 18.2 Å². The Labute approximate surface area is 115 Å². The van der Waals surface area contributed by atoms with Crippen LogP contribution in [0.5, 0.6) is 0 Å². The van der Waals surface area contributed by atoms with E-state index in [1.807, 2.05) is 0 Å². The molecule has 98 valence electrons. The maximum Gasteiger partial charge on any atom is 0.263 e. The second kappa shape index (κ2) is 3.83. The summed E-state index contributed by atoms with van der Waals surface area (Å²) in [4.78, 5) is 0. The zero-order valence-electron chi connectivity index (χ0n) is 12.4. The maximum absolute atomic E-state index is 2.37. The lowest BCUT2D eigenvalue weighted by molar-refractivity contribution is -0.580. The summed E-state index contributed by atoms with van der Waals surface area (Å²) in [5.41, 5.74) is 5.44. The van der Waals surface area contributed by atoms with Crippen molar-refractivity contribution < 1.29 is 4.57 Å². The Morgan fingerprint density at radius 1 is 1.05 bits per heavy atom. The normalized spacial score (nSPS) is 15.8. The molecule has 3 rings (SSSR count). The number of imidazole rings is 1. The molecule has 0 fully saturated rings. The summed E-state index contributed by atoms with van der Waals surface area (Å²) in [6.07, 6.45) is 4.48. The molecule has 0 bridgehead atoms. The van der Waals surface area contributed by atoms with Crippen LogP contribution in [0.4, 0.5) is 0 Å². The van der Waals surface area contributed by atoms with Crippen LogP contribution in [0.1, 0.15) is 36.6 Å². The van der Waals surface area contributed by atoms with Gasteiger partial charge < -0.3 is 0 Å². The predicted molar refractivity (Wildman–Crippen MR) is 78.5 cm³/mol. The van der Waals surface area contributed by atoms with Crippen molar-refractivity contribution in [2.45, 2.75) is 40.0 Å². The van der Waals surface area contributed by atoms with Gasteiger partial charge in [-0.05, 0) is 38.5 Å². The summed E-state index contributed by atoms with van der Waals surface area (Å²) >= 11 is 0. The van der Waals surface area contributed by atoms with E-state index in [4.69, 9.17) is 0 Å². The predicted octanol–water partition coefficient (Wildman–Crippen LogP) is 3.45. The van der Waals surface area contributed by atoms with Gasteiger partial charge in [0.2, 0.25) is 0 Å². The van der Waals surface area contributed by atoms with Crippen molar-refractivity contribution in [1.82, 2.24) is 4.57 Å². The summed E-state index contributed by atoms with van der Waals surface area (Å²) < 4.78 is 4.69. The highest BCUT2D eigenvalue weighted by molar-refractivity contribution is 5.45. The first-order valence-electron chi connectivity index (χ1n) is 6.83. The summed E-state index contributed by atoms with van der Waals surface area (Å²) in [6, 6.07) is 8.57. The Kier molecular flexibility index (Phi) is 2.46. The Morgan fingerprint density at radius 3 is 2.37 bits per heavy atom. The number of allylic oxidation sites excluding steroid dienone is 1. The van der Waals surface area contributed by atoms with E-state index in [9.17, 15) is 0 Å². The maximum atomic E-state index is 2.37. The molecule has 1 aliphatic heterocycles. The first-order valence-corrected chi connectivity index (χ1v) is 6.83. The Hall–Kier alpha value is -1.83. The van der Waals surface area contributed by atoms with E-state index >= 15 is 0 Å². The molecular weight excluding hydrogens is 232 g/mol. The van der Waals surface area contributed by atoms with Crippen LogP contribution in [0.25, 0.3) is 11.9 Å². The number of fused-ring (bicyclic) bond motifs is 1. The molecule has 2 nitrogen and oxygen atoms in total. The average molecular weight is 253 g/mol. The van der Waals surface area contributed by atoms with Crippen LogP contribution in [-0.4, -0.2) is 4.57 Å². The molecule has 0 spiro atoms. The number of hydrogen-bond donors (Lipinski definition) is 0. The first kappa shape index (κ1) is 12.2. The van der Waals surface area contributed by atoms with Crippen LogP contribution in [0.15, 0.2) is 30.3 Å². The smallest absolute Gasteiger partial charge is 0.203 e. The van der Waals surface area contributed by atoms with Crippen LogP contribution in [0.2, 0.25) is 0 Å². The fourth-order valence-corrected chi connectivity index (χ4v) is 3.26. The molecule has 0 saturated carbocycles. The van der Waals surface area contributed by atoms with E-state index in [0.29, 0.717) is 0 Å². The van der Waals surface area contributed by atoms with Crippen molar-refractivity contribution in [2.24, 2.45) is 0 Å². The Morgan fingerprint density at radius 2 is 1.74 bits per heavy atom. The summed E-state index contributed by atoms with van der Waals surface area (Å²) in [6.45, 7) is 11.1. The highest BCUT2D eigenvalue weighted by Crippen LogP contribution is 2.32. The number of aryl methyl sites for hydroxylation is 1. The third kappa shape index (κ3) is 1.59. The molecule has 19 heavy (non-hydrogen) atoms. The van der Waals surface area contributed by atoms with Crippen LogP contribution in [0, 0.1) is 20.8 Å². The summed E-state index contributed by atoms with van der Waals surface area (Å²) in [5.74, 6) is 1.27. The van der Waals surface area contributed by atoms with Crippen LogP contribution >= 0.6 is 0 Å². The highest BCUT2D eigenvalue weighted by Gasteiger charge is 2.38.